The molecule has 0 aliphatic heterocycles. The van der Waals surface area contributed by atoms with Crippen molar-refractivity contribution in [2.45, 2.75) is 39.2 Å². The smallest absolute Gasteiger partial charge is 0.354 e. The number of carboxylic acid groups (broad SMARTS) is 1. The maximum atomic E-state index is 10.8. The van der Waals surface area contributed by atoms with Crippen LogP contribution in [0.4, 0.5) is 5.95 Å². The zero-order chi connectivity index (χ0) is 13.1. The Labute approximate surface area is 107 Å². The highest BCUT2D eigenvalue weighted by atomic mass is 16.4. The lowest BCUT2D eigenvalue weighted by molar-refractivity contribution is 0.0690. The van der Waals surface area contributed by atoms with Crippen molar-refractivity contribution in [1.82, 2.24) is 9.97 Å². The molecule has 3 unspecified atom stereocenters. The fraction of sp³-hybridized carbons (Fsp3) is 0.615. The van der Waals surface area contributed by atoms with E-state index in [1.165, 1.54) is 25.1 Å². The van der Waals surface area contributed by atoms with E-state index in [2.05, 4.69) is 29.1 Å². The summed E-state index contributed by atoms with van der Waals surface area (Å²) >= 11 is 0. The quantitative estimate of drug-likeness (QED) is 0.860. The molecule has 2 N–H and O–H groups in total. The Bertz CT molecular complexity index is 436. The largest absolute Gasteiger partial charge is 0.477 e. The molecule has 0 aromatic carbocycles. The van der Waals surface area contributed by atoms with Gasteiger partial charge in [-0.25, -0.2) is 14.8 Å². The molecule has 1 aromatic rings. The molecule has 0 saturated heterocycles. The molecule has 0 spiro atoms. The second-order valence-corrected chi connectivity index (χ2v) is 5.09. The van der Waals surface area contributed by atoms with Gasteiger partial charge in [0.15, 0.2) is 5.69 Å². The Balaban J connectivity index is 2.08. The molecule has 98 valence electrons. The molecule has 1 aliphatic rings. The molecule has 1 aliphatic carbocycles. The average Bonchev–Trinajstić information content (AvgIpc) is 2.35. The normalized spacial score (nSPS) is 27.8. The van der Waals surface area contributed by atoms with Crippen LogP contribution in [0.1, 0.15) is 43.6 Å². The van der Waals surface area contributed by atoms with Crippen LogP contribution < -0.4 is 5.32 Å². The van der Waals surface area contributed by atoms with Crippen molar-refractivity contribution in [2.75, 3.05) is 5.32 Å². The fourth-order valence-electron chi connectivity index (χ4n) is 2.50. The van der Waals surface area contributed by atoms with E-state index >= 15 is 0 Å². The zero-order valence-electron chi connectivity index (χ0n) is 10.8. The summed E-state index contributed by atoms with van der Waals surface area (Å²) in [6, 6.07) is 1.73. The summed E-state index contributed by atoms with van der Waals surface area (Å²) in [6.45, 7) is 4.48. The minimum absolute atomic E-state index is 0.0315. The van der Waals surface area contributed by atoms with E-state index in [4.69, 9.17) is 5.11 Å². The first-order valence-electron chi connectivity index (χ1n) is 6.41. The molecule has 1 fully saturated rings. The van der Waals surface area contributed by atoms with Gasteiger partial charge in [-0.3, -0.25) is 0 Å². The van der Waals surface area contributed by atoms with Crippen molar-refractivity contribution in [2.24, 2.45) is 11.8 Å². The highest BCUT2D eigenvalue weighted by Crippen LogP contribution is 2.30. The SMILES string of the molecule is CC1CCCC(Nc2nccc(C(=O)O)n2)C1C. The van der Waals surface area contributed by atoms with Gasteiger partial charge in [0.25, 0.3) is 0 Å². The summed E-state index contributed by atoms with van der Waals surface area (Å²) in [4.78, 5) is 18.9. The maximum Gasteiger partial charge on any atom is 0.354 e. The minimum Gasteiger partial charge on any atom is -0.477 e. The van der Waals surface area contributed by atoms with Gasteiger partial charge in [0, 0.05) is 12.2 Å². The average molecular weight is 249 g/mol. The van der Waals surface area contributed by atoms with Crippen molar-refractivity contribution in [3.8, 4) is 0 Å². The number of aromatic nitrogens is 2. The Hall–Kier alpha value is -1.65. The van der Waals surface area contributed by atoms with Crippen LogP contribution in [0.2, 0.25) is 0 Å². The molecule has 1 heterocycles. The van der Waals surface area contributed by atoms with Crippen molar-refractivity contribution < 1.29 is 9.90 Å². The van der Waals surface area contributed by atoms with Crippen molar-refractivity contribution in [3.63, 3.8) is 0 Å². The van der Waals surface area contributed by atoms with Gasteiger partial charge in [-0.15, -0.1) is 0 Å². The maximum absolute atomic E-state index is 10.8. The third-order valence-electron chi connectivity index (χ3n) is 3.90. The molecule has 1 saturated carbocycles. The summed E-state index contributed by atoms with van der Waals surface area (Å²) in [5.41, 5.74) is 0.0315. The van der Waals surface area contributed by atoms with Gasteiger partial charge in [0.05, 0.1) is 0 Å². The van der Waals surface area contributed by atoms with Gasteiger partial charge < -0.3 is 10.4 Å². The van der Waals surface area contributed by atoms with E-state index in [9.17, 15) is 4.79 Å². The second-order valence-electron chi connectivity index (χ2n) is 5.09. The van der Waals surface area contributed by atoms with Crippen LogP contribution in [-0.2, 0) is 0 Å². The Kier molecular flexibility index (Phi) is 3.79. The predicted octanol–water partition coefficient (Wildman–Crippen LogP) is 2.41. The van der Waals surface area contributed by atoms with Gasteiger partial charge in [-0.05, 0) is 24.3 Å². The number of rotatable bonds is 3. The zero-order valence-corrected chi connectivity index (χ0v) is 10.8. The molecule has 5 heteroatoms. The predicted molar refractivity (Wildman–Crippen MR) is 68.6 cm³/mol. The highest BCUT2D eigenvalue weighted by molar-refractivity contribution is 5.85. The van der Waals surface area contributed by atoms with Gasteiger partial charge >= 0.3 is 5.97 Å². The first-order valence-corrected chi connectivity index (χ1v) is 6.41. The number of carbonyl (C=O) groups is 1. The van der Waals surface area contributed by atoms with E-state index in [1.54, 1.807) is 0 Å². The highest BCUT2D eigenvalue weighted by Gasteiger charge is 2.27. The van der Waals surface area contributed by atoms with Crippen LogP contribution in [0, 0.1) is 11.8 Å². The summed E-state index contributed by atoms with van der Waals surface area (Å²) in [6.07, 6.45) is 5.03. The third kappa shape index (κ3) is 2.78. The van der Waals surface area contributed by atoms with E-state index < -0.39 is 5.97 Å². The Morgan fingerprint density at radius 1 is 1.44 bits per heavy atom. The number of hydrogen-bond donors (Lipinski definition) is 2. The molecular weight excluding hydrogens is 230 g/mol. The molecule has 1 aromatic heterocycles. The van der Waals surface area contributed by atoms with Crippen LogP contribution in [0.15, 0.2) is 12.3 Å². The van der Waals surface area contributed by atoms with E-state index in [0.29, 0.717) is 23.8 Å². The topological polar surface area (TPSA) is 75.1 Å². The summed E-state index contributed by atoms with van der Waals surface area (Å²) in [5.74, 6) is 0.626. The number of carboxylic acids is 1. The van der Waals surface area contributed by atoms with Crippen LogP contribution in [0.25, 0.3) is 0 Å². The number of nitrogens with zero attached hydrogens (tertiary/aromatic N) is 2. The molecule has 5 nitrogen and oxygen atoms in total. The van der Waals surface area contributed by atoms with E-state index in [1.807, 2.05) is 0 Å². The molecule has 0 bridgehead atoms. The number of nitrogens with one attached hydrogen (secondary N) is 1. The Morgan fingerprint density at radius 2 is 2.22 bits per heavy atom. The summed E-state index contributed by atoms with van der Waals surface area (Å²) in [7, 11) is 0. The monoisotopic (exact) mass is 249 g/mol. The molecule has 3 atom stereocenters. The van der Waals surface area contributed by atoms with Gasteiger partial charge in [-0.2, -0.15) is 0 Å². The Morgan fingerprint density at radius 3 is 2.94 bits per heavy atom. The first-order chi connectivity index (χ1) is 8.58. The van der Waals surface area contributed by atoms with Gasteiger partial charge in [0.2, 0.25) is 5.95 Å². The van der Waals surface area contributed by atoms with Crippen LogP contribution in [0.5, 0.6) is 0 Å². The fourth-order valence-corrected chi connectivity index (χ4v) is 2.50. The lowest BCUT2D eigenvalue weighted by Crippen LogP contribution is -2.35. The standard InChI is InChI=1S/C13H19N3O2/c1-8-4-3-5-10(9(8)2)15-13-14-7-6-11(16-13)12(17)18/h6-10H,3-5H2,1-2H3,(H,17,18)(H,14,15,16). The second kappa shape index (κ2) is 5.33. The number of hydrogen-bond acceptors (Lipinski definition) is 4. The van der Waals surface area contributed by atoms with Gasteiger partial charge in [-0.1, -0.05) is 26.7 Å². The molecule has 0 radical (unpaired) electrons. The van der Waals surface area contributed by atoms with Crippen molar-refractivity contribution in [3.05, 3.63) is 18.0 Å². The van der Waals surface area contributed by atoms with Crippen molar-refractivity contribution in [1.29, 1.82) is 0 Å². The lowest BCUT2D eigenvalue weighted by atomic mass is 9.78. The third-order valence-corrected chi connectivity index (χ3v) is 3.90. The van der Waals surface area contributed by atoms with Crippen molar-refractivity contribution >= 4 is 11.9 Å². The van der Waals surface area contributed by atoms with Crippen LogP contribution >= 0.6 is 0 Å². The molecule has 0 amide bonds. The summed E-state index contributed by atoms with van der Waals surface area (Å²) in [5, 5.41) is 12.2. The lowest BCUT2D eigenvalue weighted by Gasteiger charge is -2.34. The first kappa shape index (κ1) is 12.8. The minimum atomic E-state index is -1.02. The summed E-state index contributed by atoms with van der Waals surface area (Å²) < 4.78 is 0. The molecule has 18 heavy (non-hydrogen) atoms. The molecular formula is C13H19N3O2. The van der Waals surface area contributed by atoms with Crippen LogP contribution in [-0.4, -0.2) is 27.1 Å². The van der Waals surface area contributed by atoms with Crippen LogP contribution in [0.3, 0.4) is 0 Å². The van der Waals surface area contributed by atoms with Gasteiger partial charge in [0.1, 0.15) is 0 Å². The van der Waals surface area contributed by atoms with E-state index in [-0.39, 0.29) is 5.69 Å². The molecule has 2 rings (SSSR count). The number of anilines is 1. The van der Waals surface area contributed by atoms with E-state index in [0.717, 1.165) is 6.42 Å². The number of aromatic carboxylic acids is 1.